The van der Waals surface area contributed by atoms with Crippen molar-refractivity contribution in [2.75, 3.05) is 40.0 Å². The third kappa shape index (κ3) is 5.90. The molecule has 36 heavy (non-hydrogen) atoms. The van der Waals surface area contributed by atoms with E-state index in [0.29, 0.717) is 46.7 Å². The van der Waals surface area contributed by atoms with Gasteiger partial charge in [-0.25, -0.2) is 4.79 Å². The van der Waals surface area contributed by atoms with Crippen molar-refractivity contribution in [1.82, 2.24) is 9.80 Å². The van der Waals surface area contributed by atoms with Crippen molar-refractivity contribution < 1.29 is 33.4 Å². The number of rotatable bonds is 6. The highest BCUT2D eigenvalue weighted by Crippen LogP contribution is 2.37. The SMILES string of the molecule is COc1cc(/C=C2\SC(=O)N(CC(=O)N3CCOCC3)C2=O)cc(I)c1OC(=O)c1ccc(C)cc1. The summed E-state index contributed by atoms with van der Waals surface area (Å²) in [5.74, 6) is -0.793. The summed E-state index contributed by atoms with van der Waals surface area (Å²) in [4.78, 5) is 53.2. The summed E-state index contributed by atoms with van der Waals surface area (Å²) in [6.45, 7) is 3.36. The van der Waals surface area contributed by atoms with E-state index in [4.69, 9.17) is 14.2 Å². The molecule has 0 aliphatic carbocycles. The number of amides is 3. The Hall–Kier alpha value is -2.90. The summed E-state index contributed by atoms with van der Waals surface area (Å²) in [6.07, 6.45) is 1.56. The Balaban J connectivity index is 1.51. The Kier molecular flexibility index (Phi) is 8.32. The van der Waals surface area contributed by atoms with E-state index in [9.17, 15) is 19.2 Å². The Morgan fingerprint density at radius 2 is 1.83 bits per heavy atom. The predicted octanol–water partition coefficient (Wildman–Crippen LogP) is 3.72. The summed E-state index contributed by atoms with van der Waals surface area (Å²) in [6, 6.07) is 10.4. The number of halogens is 1. The van der Waals surface area contributed by atoms with Crippen molar-refractivity contribution in [3.63, 3.8) is 0 Å². The van der Waals surface area contributed by atoms with Crippen LogP contribution in [0.25, 0.3) is 6.08 Å². The number of aryl methyl sites for hydroxylation is 1. The molecule has 2 aromatic carbocycles. The van der Waals surface area contributed by atoms with E-state index in [-0.39, 0.29) is 23.1 Å². The third-order valence-electron chi connectivity index (χ3n) is 5.56. The number of esters is 1. The zero-order chi connectivity index (χ0) is 25.8. The molecule has 0 N–H and O–H groups in total. The molecule has 2 aromatic rings. The summed E-state index contributed by atoms with van der Waals surface area (Å²) in [7, 11) is 1.45. The highest BCUT2D eigenvalue weighted by atomic mass is 127. The molecule has 11 heteroatoms. The molecule has 2 aliphatic rings. The van der Waals surface area contributed by atoms with Gasteiger partial charge in [-0.05, 0) is 77.2 Å². The van der Waals surface area contributed by atoms with Crippen LogP contribution in [0.15, 0.2) is 41.3 Å². The first-order valence-corrected chi connectivity index (χ1v) is 12.9. The summed E-state index contributed by atoms with van der Waals surface area (Å²) in [5.41, 5.74) is 2.01. The lowest BCUT2D eigenvalue weighted by molar-refractivity contribution is -0.139. The van der Waals surface area contributed by atoms with Crippen LogP contribution in [0, 0.1) is 10.5 Å². The van der Waals surface area contributed by atoms with Crippen molar-refractivity contribution in [1.29, 1.82) is 0 Å². The van der Waals surface area contributed by atoms with E-state index >= 15 is 0 Å². The van der Waals surface area contributed by atoms with Gasteiger partial charge in [-0.2, -0.15) is 0 Å². The minimum Gasteiger partial charge on any atom is -0.493 e. The standard InChI is InChI=1S/C25H23IN2O7S/c1-15-3-5-17(6-4-15)24(31)35-22-18(26)11-16(12-19(22)33-2)13-20-23(30)28(25(32)36-20)14-21(29)27-7-9-34-10-8-27/h3-6,11-13H,7-10,14H2,1-2H3/b20-13-. The smallest absolute Gasteiger partial charge is 0.343 e. The minimum absolute atomic E-state index is 0.192. The molecule has 188 valence electrons. The van der Waals surface area contributed by atoms with E-state index in [1.165, 1.54) is 7.11 Å². The molecule has 2 saturated heterocycles. The Morgan fingerprint density at radius 3 is 2.50 bits per heavy atom. The second kappa shape index (κ2) is 11.4. The van der Waals surface area contributed by atoms with Crippen LogP contribution >= 0.6 is 34.4 Å². The fraction of sp³-hybridized carbons (Fsp3) is 0.280. The Labute approximate surface area is 225 Å². The predicted molar refractivity (Wildman–Crippen MR) is 142 cm³/mol. The van der Waals surface area contributed by atoms with Gasteiger partial charge in [-0.1, -0.05) is 17.7 Å². The fourth-order valence-electron chi connectivity index (χ4n) is 3.60. The van der Waals surface area contributed by atoms with Crippen molar-refractivity contribution in [2.24, 2.45) is 0 Å². The maximum Gasteiger partial charge on any atom is 0.343 e. The molecule has 0 atom stereocenters. The average Bonchev–Trinajstić information content (AvgIpc) is 3.13. The average molecular weight is 622 g/mol. The van der Waals surface area contributed by atoms with E-state index in [1.807, 2.05) is 41.6 Å². The summed E-state index contributed by atoms with van der Waals surface area (Å²) in [5, 5.41) is -0.502. The van der Waals surface area contributed by atoms with Crippen LogP contribution in [0.1, 0.15) is 21.5 Å². The van der Waals surface area contributed by atoms with Gasteiger partial charge in [0, 0.05) is 13.1 Å². The number of imide groups is 1. The third-order valence-corrected chi connectivity index (χ3v) is 7.27. The van der Waals surface area contributed by atoms with Gasteiger partial charge in [0.15, 0.2) is 11.5 Å². The minimum atomic E-state index is -0.532. The van der Waals surface area contributed by atoms with Gasteiger partial charge in [-0.15, -0.1) is 0 Å². The number of carbonyl (C=O) groups is 4. The maximum absolute atomic E-state index is 12.9. The summed E-state index contributed by atoms with van der Waals surface area (Å²) < 4.78 is 16.9. The van der Waals surface area contributed by atoms with Crippen LogP contribution in [0.2, 0.25) is 0 Å². The van der Waals surface area contributed by atoms with E-state index in [1.54, 1.807) is 35.2 Å². The lowest BCUT2D eigenvalue weighted by Crippen LogP contribution is -2.46. The van der Waals surface area contributed by atoms with Gasteiger partial charge in [0.05, 0.1) is 34.4 Å². The molecule has 2 heterocycles. The number of ether oxygens (including phenoxy) is 3. The molecule has 9 nitrogen and oxygen atoms in total. The lowest BCUT2D eigenvalue weighted by atomic mass is 10.1. The molecular weight excluding hydrogens is 599 g/mol. The van der Waals surface area contributed by atoms with Crippen molar-refractivity contribution in [3.8, 4) is 11.5 Å². The van der Waals surface area contributed by atoms with E-state index < -0.39 is 17.1 Å². The molecule has 3 amide bonds. The number of thioether (sulfide) groups is 1. The zero-order valence-electron chi connectivity index (χ0n) is 19.6. The van der Waals surface area contributed by atoms with Crippen LogP contribution < -0.4 is 9.47 Å². The number of morpholine rings is 1. The van der Waals surface area contributed by atoms with Crippen LogP contribution in [-0.4, -0.2) is 72.8 Å². The van der Waals surface area contributed by atoms with E-state index in [0.717, 1.165) is 22.2 Å². The number of methoxy groups -OCH3 is 1. The second-order valence-electron chi connectivity index (χ2n) is 8.05. The van der Waals surface area contributed by atoms with Gasteiger partial charge in [0.25, 0.3) is 11.1 Å². The molecule has 0 bridgehead atoms. The van der Waals surface area contributed by atoms with Crippen molar-refractivity contribution in [2.45, 2.75) is 6.92 Å². The van der Waals surface area contributed by atoms with Crippen molar-refractivity contribution in [3.05, 3.63) is 61.6 Å². The molecule has 2 aliphatic heterocycles. The van der Waals surface area contributed by atoms with Crippen LogP contribution in [0.4, 0.5) is 4.79 Å². The molecular formula is C25H23IN2O7S. The van der Waals surface area contributed by atoms with Crippen LogP contribution in [-0.2, 0) is 14.3 Å². The highest BCUT2D eigenvalue weighted by molar-refractivity contribution is 14.1. The largest absolute Gasteiger partial charge is 0.493 e. The molecule has 0 aromatic heterocycles. The van der Waals surface area contributed by atoms with Gasteiger partial charge in [-0.3, -0.25) is 19.3 Å². The first-order valence-electron chi connectivity index (χ1n) is 11.0. The molecule has 0 radical (unpaired) electrons. The number of hydrogen-bond acceptors (Lipinski definition) is 8. The fourth-order valence-corrected chi connectivity index (χ4v) is 5.17. The number of hydrogen-bond donors (Lipinski definition) is 0. The normalized spacial score (nSPS) is 17.0. The lowest BCUT2D eigenvalue weighted by Gasteiger charge is -2.28. The Bertz CT molecular complexity index is 1240. The van der Waals surface area contributed by atoms with Gasteiger partial charge < -0.3 is 19.1 Å². The Morgan fingerprint density at radius 1 is 1.14 bits per heavy atom. The number of nitrogens with zero attached hydrogens (tertiary/aromatic N) is 2. The van der Waals surface area contributed by atoms with Crippen molar-refractivity contribution >= 4 is 63.5 Å². The molecule has 2 fully saturated rings. The topological polar surface area (TPSA) is 102 Å². The highest BCUT2D eigenvalue weighted by Gasteiger charge is 2.37. The molecule has 0 spiro atoms. The van der Waals surface area contributed by atoms with Crippen LogP contribution in [0.3, 0.4) is 0 Å². The van der Waals surface area contributed by atoms with Gasteiger partial charge in [0.1, 0.15) is 6.54 Å². The van der Waals surface area contributed by atoms with E-state index in [2.05, 4.69) is 0 Å². The zero-order valence-corrected chi connectivity index (χ0v) is 22.6. The second-order valence-corrected chi connectivity index (χ2v) is 10.2. The van der Waals surface area contributed by atoms with Gasteiger partial charge >= 0.3 is 5.97 Å². The monoisotopic (exact) mass is 622 g/mol. The summed E-state index contributed by atoms with van der Waals surface area (Å²) >= 11 is 2.79. The quantitative estimate of drug-likeness (QED) is 0.208. The number of benzene rings is 2. The number of carbonyl (C=O) groups excluding carboxylic acids is 4. The van der Waals surface area contributed by atoms with Crippen LogP contribution in [0.5, 0.6) is 11.5 Å². The molecule has 0 saturated carbocycles. The van der Waals surface area contributed by atoms with Gasteiger partial charge in [0.2, 0.25) is 5.91 Å². The molecule has 0 unspecified atom stereocenters. The maximum atomic E-state index is 12.9. The first kappa shape index (κ1) is 26.2. The molecule has 4 rings (SSSR count). The first-order chi connectivity index (χ1) is 17.3.